The van der Waals surface area contributed by atoms with Crippen LogP contribution in [0, 0.1) is 0 Å². The summed E-state index contributed by atoms with van der Waals surface area (Å²) in [6.07, 6.45) is 0.865. The molecule has 0 amide bonds. The fourth-order valence-corrected chi connectivity index (χ4v) is 2.28. The van der Waals surface area contributed by atoms with Crippen molar-refractivity contribution in [3.63, 3.8) is 0 Å². The van der Waals surface area contributed by atoms with Crippen molar-refractivity contribution in [1.29, 1.82) is 0 Å². The molecule has 0 fully saturated rings. The summed E-state index contributed by atoms with van der Waals surface area (Å²) in [6, 6.07) is 6.02. The Bertz CT molecular complexity index is 347. The van der Waals surface area contributed by atoms with Crippen LogP contribution in [0.4, 0.5) is 0 Å². The van der Waals surface area contributed by atoms with Gasteiger partial charge in [-0.3, -0.25) is 0 Å². The zero-order valence-corrected chi connectivity index (χ0v) is 11.5. The second-order valence-electron chi connectivity index (χ2n) is 4.74. The molecule has 4 heteroatoms. The normalized spacial score (nSPS) is 11.3. The van der Waals surface area contributed by atoms with E-state index in [0.717, 1.165) is 17.9 Å². The lowest BCUT2D eigenvalue weighted by atomic mass is 10.1. The molecule has 1 rings (SSSR count). The SMILES string of the molecule is COc1cc(CCN)ccc1O[Si](C)(C)C. The molecular weight excluding hydrogens is 218 g/mol. The highest BCUT2D eigenvalue weighted by Gasteiger charge is 2.18. The minimum absolute atomic E-state index is 0.650. The number of rotatable bonds is 5. The predicted octanol–water partition coefficient (Wildman–Crippen LogP) is 2.41. The molecule has 0 radical (unpaired) electrons. The van der Waals surface area contributed by atoms with Crippen LogP contribution >= 0.6 is 0 Å². The van der Waals surface area contributed by atoms with Crippen LogP contribution in [0.25, 0.3) is 0 Å². The maximum absolute atomic E-state index is 5.94. The summed E-state index contributed by atoms with van der Waals surface area (Å²) in [7, 11) is 0.0790. The van der Waals surface area contributed by atoms with Crippen LogP contribution in [0.15, 0.2) is 18.2 Å². The van der Waals surface area contributed by atoms with Crippen molar-refractivity contribution in [2.24, 2.45) is 5.73 Å². The first-order chi connectivity index (χ1) is 7.46. The summed E-state index contributed by atoms with van der Waals surface area (Å²) in [5.41, 5.74) is 6.71. The van der Waals surface area contributed by atoms with Gasteiger partial charge >= 0.3 is 0 Å². The van der Waals surface area contributed by atoms with Gasteiger partial charge < -0.3 is 14.9 Å². The van der Waals surface area contributed by atoms with E-state index >= 15 is 0 Å². The van der Waals surface area contributed by atoms with E-state index in [4.69, 9.17) is 14.9 Å². The summed E-state index contributed by atoms with van der Waals surface area (Å²) in [5, 5.41) is 0. The topological polar surface area (TPSA) is 44.5 Å². The summed E-state index contributed by atoms with van der Waals surface area (Å²) in [5.74, 6) is 1.64. The first-order valence-electron chi connectivity index (χ1n) is 5.52. The molecule has 1 aromatic carbocycles. The number of benzene rings is 1. The van der Waals surface area contributed by atoms with Crippen molar-refractivity contribution >= 4 is 8.32 Å². The third-order valence-electron chi connectivity index (χ3n) is 2.08. The highest BCUT2D eigenvalue weighted by atomic mass is 28.4. The lowest BCUT2D eigenvalue weighted by Crippen LogP contribution is -2.29. The largest absolute Gasteiger partial charge is 0.542 e. The monoisotopic (exact) mass is 239 g/mol. The van der Waals surface area contributed by atoms with E-state index in [9.17, 15) is 0 Å². The Morgan fingerprint density at radius 3 is 2.38 bits per heavy atom. The molecular formula is C12H21NO2Si. The van der Waals surface area contributed by atoms with Crippen LogP contribution in [0.2, 0.25) is 19.6 Å². The molecule has 0 aromatic heterocycles. The Morgan fingerprint density at radius 2 is 1.88 bits per heavy atom. The van der Waals surface area contributed by atoms with Gasteiger partial charge in [0.25, 0.3) is 0 Å². The number of hydrogen-bond donors (Lipinski definition) is 1. The van der Waals surface area contributed by atoms with E-state index in [1.54, 1.807) is 7.11 Å². The minimum atomic E-state index is -1.59. The second-order valence-corrected chi connectivity index (χ2v) is 9.17. The number of methoxy groups -OCH3 is 1. The summed E-state index contributed by atoms with van der Waals surface area (Å²) in [6.45, 7) is 7.11. The van der Waals surface area contributed by atoms with Crippen LogP contribution in [-0.4, -0.2) is 22.0 Å². The Morgan fingerprint density at radius 1 is 1.19 bits per heavy atom. The molecule has 0 bridgehead atoms. The Hall–Kier alpha value is -1.00. The molecule has 1 aromatic rings. The van der Waals surface area contributed by atoms with E-state index in [2.05, 4.69) is 19.6 Å². The van der Waals surface area contributed by atoms with Crippen LogP contribution in [0.1, 0.15) is 5.56 Å². The van der Waals surface area contributed by atoms with Gasteiger partial charge in [-0.2, -0.15) is 0 Å². The molecule has 90 valence electrons. The second kappa shape index (κ2) is 5.36. The van der Waals surface area contributed by atoms with Crippen molar-refractivity contribution < 1.29 is 9.16 Å². The number of hydrogen-bond acceptors (Lipinski definition) is 3. The molecule has 0 saturated heterocycles. The highest BCUT2D eigenvalue weighted by Crippen LogP contribution is 2.30. The molecule has 0 saturated carbocycles. The van der Waals surface area contributed by atoms with E-state index in [1.165, 1.54) is 5.56 Å². The first kappa shape index (κ1) is 13.1. The number of nitrogens with two attached hydrogens (primary N) is 1. The van der Waals surface area contributed by atoms with Gasteiger partial charge in [0.1, 0.15) is 5.75 Å². The van der Waals surface area contributed by atoms with E-state index < -0.39 is 8.32 Å². The molecule has 0 spiro atoms. The summed E-state index contributed by atoms with van der Waals surface area (Å²) < 4.78 is 11.3. The zero-order chi connectivity index (χ0) is 12.2. The van der Waals surface area contributed by atoms with Crippen molar-refractivity contribution in [3.8, 4) is 11.5 Å². The fourth-order valence-electron chi connectivity index (χ4n) is 1.45. The van der Waals surface area contributed by atoms with Crippen molar-refractivity contribution in [3.05, 3.63) is 23.8 Å². The summed E-state index contributed by atoms with van der Waals surface area (Å²) in [4.78, 5) is 0. The van der Waals surface area contributed by atoms with E-state index in [0.29, 0.717) is 6.54 Å². The van der Waals surface area contributed by atoms with Crippen LogP contribution in [0.3, 0.4) is 0 Å². The van der Waals surface area contributed by atoms with Crippen molar-refractivity contribution in [2.75, 3.05) is 13.7 Å². The Kier molecular flexibility index (Phi) is 4.38. The van der Waals surface area contributed by atoms with Gasteiger partial charge in [0.15, 0.2) is 5.75 Å². The van der Waals surface area contributed by atoms with Gasteiger partial charge in [-0.15, -0.1) is 0 Å². The molecule has 0 aliphatic heterocycles. The molecule has 2 N–H and O–H groups in total. The first-order valence-corrected chi connectivity index (χ1v) is 8.93. The lowest BCUT2D eigenvalue weighted by molar-refractivity contribution is 0.391. The summed E-state index contributed by atoms with van der Waals surface area (Å²) >= 11 is 0. The van der Waals surface area contributed by atoms with Gasteiger partial charge in [-0.1, -0.05) is 6.07 Å². The zero-order valence-electron chi connectivity index (χ0n) is 10.5. The van der Waals surface area contributed by atoms with Crippen molar-refractivity contribution in [1.82, 2.24) is 0 Å². The van der Waals surface area contributed by atoms with Gasteiger partial charge in [-0.05, 0) is 50.3 Å². The molecule has 0 atom stereocenters. The molecule has 0 aliphatic rings. The van der Waals surface area contributed by atoms with Gasteiger partial charge in [0.05, 0.1) is 7.11 Å². The molecule has 16 heavy (non-hydrogen) atoms. The average Bonchev–Trinajstić information content (AvgIpc) is 2.18. The Labute approximate surface area is 98.7 Å². The maximum Gasteiger partial charge on any atom is 0.242 e. The van der Waals surface area contributed by atoms with Crippen molar-refractivity contribution in [2.45, 2.75) is 26.1 Å². The van der Waals surface area contributed by atoms with Crippen LogP contribution in [-0.2, 0) is 6.42 Å². The highest BCUT2D eigenvalue weighted by molar-refractivity contribution is 6.70. The third-order valence-corrected chi connectivity index (χ3v) is 2.91. The minimum Gasteiger partial charge on any atom is -0.542 e. The predicted molar refractivity (Wildman–Crippen MR) is 69.7 cm³/mol. The molecule has 0 aliphatic carbocycles. The quantitative estimate of drug-likeness (QED) is 0.803. The van der Waals surface area contributed by atoms with Gasteiger partial charge in [0, 0.05) is 0 Å². The average molecular weight is 239 g/mol. The fraction of sp³-hybridized carbons (Fsp3) is 0.500. The van der Waals surface area contributed by atoms with E-state index in [-0.39, 0.29) is 0 Å². The number of ether oxygens (including phenoxy) is 1. The maximum atomic E-state index is 5.94. The Balaban J connectivity index is 2.93. The molecule has 0 heterocycles. The van der Waals surface area contributed by atoms with Gasteiger partial charge in [0.2, 0.25) is 8.32 Å². The molecule has 0 unspecified atom stereocenters. The lowest BCUT2D eigenvalue weighted by Gasteiger charge is -2.21. The van der Waals surface area contributed by atoms with Crippen LogP contribution < -0.4 is 14.9 Å². The smallest absolute Gasteiger partial charge is 0.242 e. The van der Waals surface area contributed by atoms with E-state index in [1.807, 2.05) is 18.2 Å². The van der Waals surface area contributed by atoms with Gasteiger partial charge in [-0.25, -0.2) is 0 Å². The standard InChI is InChI=1S/C12H21NO2Si/c1-14-12-9-10(7-8-13)5-6-11(12)15-16(2,3)4/h5-6,9H,7-8,13H2,1-4H3. The molecule has 3 nitrogen and oxygen atoms in total. The van der Waals surface area contributed by atoms with Crippen LogP contribution in [0.5, 0.6) is 11.5 Å². The third kappa shape index (κ3) is 3.87.